The molecule has 1 N–H and O–H groups in total. The van der Waals surface area contributed by atoms with Gasteiger partial charge in [0.1, 0.15) is 5.01 Å². The molecule has 0 fully saturated rings. The van der Waals surface area contributed by atoms with Gasteiger partial charge in [0.2, 0.25) is 5.13 Å². The second kappa shape index (κ2) is 9.09. The van der Waals surface area contributed by atoms with Gasteiger partial charge in [0.25, 0.3) is 0 Å². The molecule has 0 saturated heterocycles. The number of nitrogens with one attached hydrogen (secondary N) is 1. The van der Waals surface area contributed by atoms with Crippen molar-refractivity contribution in [2.75, 3.05) is 12.4 Å². The van der Waals surface area contributed by atoms with Crippen LogP contribution in [0.3, 0.4) is 0 Å². The van der Waals surface area contributed by atoms with Gasteiger partial charge in [0.15, 0.2) is 0 Å². The summed E-state index contributed by atoms with van der Waals surface area (Å²) in [7, 11) is 1.32. The molecule has 7 nitrogen and oxygen atoms in total. The van der Waals surface area contributed by atoms with Crippen LogP contribution in [0.4, 0.5) is 10.8 Å². The van der Waals surface area contributed by atoms with Crippen molar-refractivity contribution in [1.82, 2.24) is 10.2 Å². The molecule has 0 amide bonds. The van der Waals surface area contributed by atoms with Crippen LogP contribution < -0.4 is 5.32 Å². The van der Waals surface area contributed by atoms with Crippen LogP contribution in [-0.2, 0) is 4.74 Å². The van der Waals surface area contributed by atoms with Gasteiger partial charge in [-0.05, 0) is 42.0 Å². The molecule has 4 rings (SSSR count). The van der Waals surface area contributed by atoms with Gasteiger partial charge in [-0.25, -0.2) is 4.79 Å². The summed E-state index contributed by atoms with van der Waals surface area (Å²) in [4.78, 5) is 12.4. The predicted octanol–water partition coefficient (Wildman–Crippen LogP) is 5.15. The molecule has 0 unspecified atom stereocenters. The SMILES string of the molecule is COC(=O)c1cccc(Nc2nnc(-c3cccc(C#N)c3)s2)c1-c1cccc(C#N)c1. The topological polar surface area (TPSA) is 112 Å². The van der Waals surface area contributed by atoms with E-state index in [1.165, 1.54) is 18.4 Å². The Labute approximate surface area is 188 Å². The minimum atomic E-state index is -0.489. The van der Waals surface area contributed by atoms with Crippen LogP contribution in [0.1, 0.15) is 21.5 Å². The molecule has 3 aromatic carbocycles. The van der Waals surface area contributed by atoms with E-state index < -0.39 is 5.97 Å². The lowest BCUT2D eigenvalue weighted by Gasteiger charge is -2.14. The van der Waals surface area contributed by atoms with Crippen LogP contribution in [0.5, 0.6) is 0 Å². The standard InChI is InChI=1S/C24H15N5O2S/c1-31-23(30)19-9-4-10-20(21(19)17-7-2-5-15(11-17)13-25)27-24-29-28-22(32-24)18-8-3-6-16(12-18)14-26/h2-12H,1H3,(H,27,29). The van der Waals surface area contributed by atoms with Gasteiger partial charge in [-0.1, -0.05) is 41.7 Å². The van der Waals surface area contributed by atoms with Gasteiger partial charge in [-0.3, -0.25) is 0 Å². The molecule has 0 saturated carbocycles. The summed E-state index contributed by atoms with van der Waals surface area (Å²) in [6.45, 7) is 0. The number of nitrogens with zero attached hydrogens (tertiary/aromatic N) is 4. The number of ether oxygens (including phenoxy) is 1. The van der Waals surface area contributed by atoms with Crippen molar-refractivity contribution in [2.45, 2.75) is 0 Å². The first kappa shape index (κ1) is 20.7. The molecule has 0 aliphatic heterocycles. The highest BCUT2D eigenvalue weighted by Gasteiger charge is 2.19. The smallest absolute Gasteiger partial charge is 0.338 e. The Morgan fingerprint density at radius 1 is 0.938 bits per heavy atom. The van der Waals surface area contributed by atoms with E-state index >= 15 is 0 Å². The Morgan fingerprint density at radius 3 is 2.28 bits per heavy atom. The molecule has 32 heavy (non-hydrogen) atoms. The van der Waals surface area contributed by atoms with E-state index in [1.807, 2.05) is 18.2 Å². The van der Waals surface area contributed by atoms with E-state index in [9.17, 15) is 10.1 Å². The van der Waals surface area contributed by atoms with Crippen LogP contribution in [0, 0.1) is 22.7 Å². The van der Waals surface area contributed by atoms with Crippen LogP contribution in [0.15, 0.2) is 66.7 Å². The van der Waals surface area contributed by atoms with Gasteiger partial charge < -0.3 is 10.1 Å². The quantitative estimate of drug-likeness (QED) is 0.430. The molecule has 0 aliphatic rings. The molecule has 0 atom stereocenters. The predicted molar refractivity (Wildman–Crippen MR) is 121 cm³/mol. The number of esters is 1. The number of rotatable bonds is 5. The molecule has 0 bridgehead atoms. The lowest BCUT2D eigenvalue weighted by Crippen LogP contribution is -2.06. The molecule has 0 aliphatic carbocycles. The average Bonchev–Trinajstić information content (AvgIpc) is 3.32. The molecule has 8 heteroatoms. The lowest BCUT2D eigenvalue weighted by molar-refractivity contribution is 0.0601. The van der Waals surface area contributed by atoms with Gasteiger partial charge >= 0.3 is 5.97 Å². The summed E-state index contributed by atoms with van der Waals surface area (Å²) in [5.74, 6) is -0.489. The Bertz CT molecular complexity index is 1400. The van der Waals surface area contributed by atoms with Crippen molar-refractivity contribution in [3.63, 3.8) is 0 Å². The number of aromatic nitrogens is 2. The second-order valence-corrected chi connectivity index (χ2v) is 7.62. The number of hydrogen-bond donors (Lipinski definition) is 1. The number of carbonyl (C=O) groups is 1. The first-order valence-corrected chi connectivity index (χ1v) is 10.3. The Kier molecular flexibility index (Phi) is 5.89. The fourth-order valence-electron chi connectivity index (χ4n) is 3.22. The van der Waals surface area contributed by atoms with Crippen LogP contribution in [-0.4, -0.2) is 23.3 Å². The number of hydrogen-bond acceptors (Lipinski definition) is 8. The number of anilines is 2. The third-order valence-corrected chi connectivity index (χ3v) is 5.54. The minimum absolute atomic E-state index is 0.360. The summed E-state index contributed by atoms with van der Waals surface area (Å²) in [6.07, 6.45) is 0. The number of nitriles is 2. The molecule has 1 heterocycles. The van der Waals surface area contributed by atoms with Crippen LogP contribution in [0.2, 0.25) is 0 Å². The number of benzene rings is 3. The van der Waals surface area contributed by atoms with Crippen molar-refractivity contribution in [1.29, 1.82) is 10.5 Å². The Morgan fingerprint density at radius 2 is 1.59 bits per heavy atom. The minimum Gasteiger partial charge on any atom is -0.465 e. The highest BCUT2D eigenvalue weighted by atomic mass is 32.1. The zero-order valence-electron chi connectivity index (χ0n) is 16.9. The normalized spacial score (nSPS) is 10.1. The van der Waals surface area contributed by atoms with Crippen LogP contribution in [0.25, 0.3) is 21.7 Å². The fourth-order valence-corrected chi connectivity index (χ4v) is 3.97. The molecule has 154 valence electrons. The highest BCUT2D eigenvalue weighted by molar-refractivity contribution is 7.18. The van der Waals surface area contributed by atoms with Crippen molar-refractivity contribution in [2.24, 2.45) is 0 Å². The largest absolute Gasteiger partial charge is 0.465 e. The number of carbonyl (C=O) groups excluding carboxylic acids is 1. The zero-order valence-corrected chi connectivity index (χ0v) is 17.7. The molecule has 0 radical (unpaired) electrons. The monoisotopic (exact) mass is 437 g/mol. The van der Waals surface area contributed by atoms with E-state index in [4.69, 9.17) is 10.00 Å². The fraction of sp³-hybridized carbons (Fsp3) is 0.0417. The zero-order chi connectivity index (χ0) is 22.5. The third kappa shape index (κ3) is 4.17. The van der Waals surface area contributed by atoms with E-state index in [0.29, 0.717) is 43.6 Å². The summed E-state index contributed by atoms with van der Waals surface area (Å²) < 4.78 is 4.96. The van der Waals surface area contributed by atoms with E-state index in [-0.39, 0.29) is 0 Å². The van der Waals surface area contributed by atoms with E-state index in [1.54, 1.807) is 48.5 Å². The summed E-state index contributed by atoms with van der Waals surface area (Å²) in [5, 5.41) is 31.3. The van der Waals surface area contributed by atoms with Crippen molar-refractivity contribution < 1.29 is 9.53 Å². The van der Waals surface area contributed by atoms with Crippen molar-refractivity contribution >= 4 is 28.1 Å². The van der Waals surface area contributed by atoms with Gasteiger partial charge in [-0.2, -0.15) is 10.5 Å². The molecule has 1 aromatic heterocycles. The lowest BCUT2D eigenvalue weighted by atomic mass is 9.96. The van der Waals surface area contributed by atoms with E-state index in [2.05, 4.69) is 27.7 Å². The summed E-state index contributed by atoms with van der Waals surface area (Å²) in [6, 6.07) is 23.6. The summed E-state index contributed by atoms with van der Waals surface area (Å²) >= 11 is 1.32. The van der Waals surface area contributed by atoms with Gasteiger partial charge in [-0.15, -0.1) is 10.2 Å². The Hall–Kier alpha value is -4.53. The van der Waals surface area contributed by atoms with Crippen molar-refractivity contribution in [3.05, 3.63) is 83.4 Å². The maximum atomic E-state index is 12.4. The summed E-state index contributed by atoms with van der Waals surface area (Å²) in [5.41, 5.74) is 4.08. The number of methoxy groups -OCH3 is 1. The molecule has 0 spiro atoms. The third-order valence-electron chi connectivity index (χ3n) is 4.66. The first-order chi connectivity index (χ1) is 15.6. The first-order valence-electron chi connectivity index (χ1n) is 9.46. The maximum absolute atomic E-state index is 12.4. The van der Waals surface area contributed by atoms with E-state index in [0.717, 1.165) is 5.56 Å². The molecule has 4 aromatic rings. The Balaban J connectivity index is 1.76. The average molecular weight is 437 g/mol. The highest BCUT2D eigenvalue weighted by Crippen LogP contribution is 2.36. The van der Waals surface area contributed by atoms with Gasteiger partial charge in [0.05, 0.1) is 35.9 Å². The molecular formula is C24H15N5O2S. The molecular weight excluding hydrogens is 422 g/mol. The van der Waals surface area contributed by atoms with Gasteiger partial charge in [0, 0.05) is 16.8 Å². The maximum Gasteiger partial charge on any atom is 0.338 e. The van der Waals surface area contributed by atoms with Crippen molar-refractivity contribution in [3.8, 4) is 33.8 Å². The second-order valence-electron chi connectivity index (χ2n) is 6.64. The van der Waals surface area contributed by atoms with Crippen LogP contribution >= 0.6 is 11.3 Å².